The molecule has 8 heterocycles. The number of aromatic nitrogens is 6. The van der Waals surface area contributed by atoms with E-state index in [2.05, 4.69) is 80.2 Å². The first-order valence-electron chi connectivity index (χ1n) is 26.0. The van der Waals surface area contributed by atoms with Crippen molar-refractivity contribution in [2.45, 2.75) is 39.7 Å². The average Bonchev–Trinajstić information content (AvgIpc) is 4.39. The number of esters is 1. The van der Waals surface area contributed by atoms with Gasteiger partial charge in [-0.15, -0.1) is 0 Å². The smallest absolute Gasteiger partial charge is 0.379 e. The number of methoxy groups -OCH3 is 1. The monoisotopic (exact) mass is 1050 g/mol. The molecule has 0 spiro atoms. The fourth-order valence-electron chi connectivity index (χ4n) is 8.89. The van der Waals surface area contributed by atoms with Crippen LogP contribution in [-0.4, -0.2) is 78.9 Å². The molecule has 0 radical (unpaired) electrons. The second-order valence-corrected chi connectivity index (χ2v) is 18.2. The minimum atomic E-state index is -0.847. The summed E-state index contributed by atoms with van der Waals surface area (Å²) in [6.07, 6.45) is 14.7. The van der Waals surface area contributed by atoms with Gasteiger partial charge in [-0.3, -0.25) is 24.5 Å². The number of ether oxygens (including phenoxy) is 2. The molecule has 12 aromatic rings. The van der Waals surface area contributed by atoms with Gasteiger partial charge in [-0.2, -0.15) is 0 Å². The summed E-state index contributed by atoms with van der Waals surface area (Å²) in [6.45, 7) is 6.49. The lowest BCUT2D eigenvalue weighted by Gasteiger charge is -2.07. The highest BCUT2D eigenvalue weighted by Gasteiger charge is 2.34. The molecule has 2 aliphatic rings. The number of imide groups is 1. The van der Waals surface area contributed by atoms with Gasteiger partial charge in [-0.1, -0.05) is 129 Å². The minimum absolute atomic E-state index is 0.244. The number of ketones is 1. The van der Waals surface area contributed by atoms with Gasteiger partial charge in [0.2, 0.25) is 5.91 Å². The molecule has 400 valence electrons. The first kappa shape index (κ1) is 55.2. The van der Waals surface area contributed by atoms with E-state index in [4.69, 9.17) is 10.5 Å². The number of benzene rings is 6. The van der Waals surface area contributed by atoms with Crippen molar-refractivity contribution in [2.75, 3.05) is 20.3 Å². The van der Waals surface area contributed by atoms with Crippen LogP contribution in [0.3, 0.4) is 0 Å². The number of nitrogens with zero attached hydrogens (tertiary/aromatic N) is 2. The summed E-state index contributed by atoms with van der Waals surface area (Å²) in [7, 11) is 1.19. The zero-order valence-corrected chi connectivity index (χ0v) is 44.2. The van der Waals surface area contributed by atoms with Crippen molar-refractivity contribution in [1.29, 1.82) is 0 Å². The number of H-pyrrole nitrogens is 4. The van der Waals surface area contributed by atoms with E-state index in [0.717, 1.165) is 62.4 Å². The quantitative estimate of drug-likeness (QED) is 0.0410. The number of Topliss-reactive ketones (excluding diaryl/α,β-unsaturated/α-hetero) is 1. The van der Waals surface area contributed by atoms with E-state index in [-0.39, 0.29) is 24.3 Å². The van der Waals surface area contributed by atoms with Gasteiger partial charge in [0, 0.05) is 94.3 Å². The summed E-state index contributed by atoms with van der Waals surface area (Å²) in [6, 6.07) is 55.1. The predicted octanol–water partition coefficient (Wildman–Crippen LogP) is 12.3. The summed E-state index contributed by atoms with van der Waals surface area (Å²) >= 11 is 0. The lowest BCUT2D eigenvalue weighted by Crippen LogP contribution is -2.23. The Morgan fingerprint density at radius 3 is 1.62 bits per heavy atom. The van der Waals surface area contributed by atoms with Crippen LogP contribution in [0.5, 0.6) is 0 Å². The number of para-hydroxylation sites is 6. The number of nitrogens with two attached hydrogens (primary N) is 1. The number of hydrogen-bond donors (Lipinski definition) is 6. The van der Waals surface area contributed by atoms with E-state index in [0.29, 0.717) is 16.8 Å². The van der Waals surface area contributed by atoms with Crippen LogP contribution >= 0.6 is 0 Å². The predicted molar refractivity (Wildman–Crippen MR) is 315 cm³/mol. The van der Waals surface area contributed by atoms with E-state index in [1.807, 2.05) is 157 Å². The van der Waals surface area contributed by atoms with E-state index < -0.39 is 11.8 Å². The molecule has 79 heavy (non-hydrogen) atoms. The Hall–Kier alpha value is -9.99. The summed E-state index contributed by atoms with van der Waals surface area (Å²) in [5, 5.41) is 8.77. The molecule has 6 aromatic heterocycles. The number of aromatic amines is 4. The highest BCUT2D eigenvalue weighted by Crippen LogP contribution is 2.34. The average molecular weight is 1060 g/mol. The van der Waals surface area contributed by atoms with Crippen LogP contribution in [0.2, 0.25) is 0 Å². The standard InChI is InChI=1S/C20H13N3O2.C11H9NO3.C10H10N2O.2C8H7N.C4H8O.C3H8/c24-19-17(14-11-21-15-7-3-2-6-13(14)15)18(20(25)22-19)23-10-9-12-5-1-4-8-16(12)23;1-15-11(14)10(13)8-6-12-9-5-3-2-4-7(8)9;11-10(13)7-12-6-5-8-3-1-2-4-9(8)12;2*1-2-4-8-7(3-1)5-6-9-8;1-2-4-5-3-1;1-3-2/h1-11,21H,(H,22,24,25);2-6,12H,1H3;1-6H,7H2,(H2,11,13);2*1-6,9H;1-4H2;3H2,1-2H3. The highest BCUT2D eigenvalue weighted by molar-refractivity contribution is 6.48. The second-order valence-electron chi connectivity index (χ2n) is 18.2. The molecule has 1 saturated heterocycles. The minimum Gasteiger partial charge on any atom is -0.463 e. The SMILES string of the molecule is C1CCOC1.CCC.COC(=O)C(=O)c1c[nH]c2ccccc12.NC(=O)Cn1ccc2ccccc21.O=C1NC(=O)C(n2ccc3ccccc32)=C1c1c[nH]c2ccccc12.c1ccc2[nH]ccc2c1.c1ccc2[nH]ccc2c1. The van der Waals surface area contributed by atoms with Crippen molar-refractivity contribution in [3.05, 3.63) is 218 Å². The molecule has 0 atom stereocenters. The maximum Gasteiger partial charge on any atom is 0.379 e. The van der Waals surface area contributed by atoms with Gasteiger partial charge in [0.1, 0.15) is 12.2 Å². The van der Waals surface area contributed by atoms with Crippen molar-refractivity contribution < 1.29 is 33.4 Å². The molecule has 0 aliphatic carbocycles. The largest absolute Gasteiger partial charge is 0.463 e. The van der Waals surface area contributed by atoms with Gasteiger partial charge in [-0.05, 0) is 95.1 Å². The van der Waals surface area contributed by atoms with E-state index in [1.54, 1.807) is 16.8 Å². The van der Waals surface area contributed by atoms with E-state index in [9.17, 15) is 24.0 Å². The third-order valence-corrected chi connectivity index (χ3v) is 12.6. The van der Waals surface area contributed by atoms with Crippen LogP contribution in [0.1, 0.15) is 49.0 Å². The first-order chi connectivity index (χ1) is 38.6. The first-order valence-corrected chi connectivity index (χ1v) is 26.0. The molecule has 7 N–H and O–H groups in total. The fraction of sp³-hybridized carbons (Fsp3) is 0.141. The molecule has 1 fully saturated rings. The summed E-state index contributed by atoms with van der Waals surface area (Å²) in [4.78, 5) is 70.8. The maximum absolute atomic E-state index is 12.6. The number of nitrogens with one attached hydrogen (secondary N) is 5. The Balaban J connectivity index is 0.000000132. The molecule has 0 unspecified atom stereocenters. The van der Waals surface area contributed by atoms with Gasteiger partial charge in [0.25, 0.3) is 17.6 Å². The Morgan fingerprint density at radius 2 is 1.05 bits per heavy atom. The topological polar surface area (TPSA) is 215 Å². The van der Waals surface area contributed by atoms with Crippen LogP contribution in [0.4, 0.5) is 0 Å². The van der Waals surface area contributed by atoms with Crippen molar-refractivity contribution in [1.82, 2.24) is 34.4 Å². The van der Waals surface area contributed by atoms with Crippen molar-refractivity contribution in [2.24, 2.45) is 5.73 Å². The Labute approximate surface area is 456 Å². The molecule has 2 aliphatic heterocycles. The third kappa shape index (κ3) is 13.7. The normalized spacial score (nSPS) is 12.4. The number of carbonyl (C=O) groups excluding carboxylic acids is 5. The van der Waals surface area contributed by atoms with Crippen LogP contribution in [0.25, 0.3) is 76.7 Å². The second kappa shape index (κ2) is 27.2. The molecular weight excluding hydrogens is 993 g/mol. The van der Waals surface area contributed by atoms with Crippen LogP contribution in [-0.2, 0) is 35.2 Å². The van der Waals surface area contributed by atoms with Crippen LogP contribution in [0.15, 0.2) is 207 Å². The Bertz CT molecular complexity index is 3800. The lowest BCUT2D eigenvalue weighted by molar-refractivity contribution is -0.135. The molecule has 6 aromatic carbocycles. The highest BCUT2D eigenvalue weighted by atomic mass is 16.5. The van der Waals surface area contributed by atoms with Gasteiger partial charge in [0.15, 0.2) is 0 Å². The van der Waals surface area contributed by atoms with Crippen LogP contribution in [0, 0.1) is 0 Å². The van der Waals surface area contributed by atoms with Gasteiger partial charge in [-0.25, -0.2) is 4.79 Å². The number of rotatable bonds is 6. The van der Waals surface area contributed by atoms with E-state index >= 15 is 0 Å². The Morgan fingerprint density at radius 1 is 0.557 bits per heavy atom. The van der Waals surface area contributed by atoms with Gasteiger partial charge >= 0.3 is 5.97 Å². The maximum atomic E-state index is 12.6. The van der Waals surface area contributed by atoms with Crippen molar-refractivity contribution >= 4 is 106 Å². The molecule has 3 amide bonds. The number of amides is 3. The molecule has 15 nitrogen and oxygen atoms in total. The van der Waals surface area contributed by atoms with Gasteiger partial charge in [0.05, 0.1) is 23.8 Å². The molecular formula is C64H62N8O7. The summed E-state index contributed by atoms with van der Waals surface area (Å²) < 4.78 is 13.0. The fourth-order valence-corrected chi connectivity index (χ4v) is 8.89. The van der Waals surface area contributed by atoms with E-state index in [1.165, 1.54) is 54.4 Å². The molecule has 0 bridgehead atoms. The number of primary amides is 1. The Kier molecular flexibility index (Phi) is 19.0. The number of carbonyl (C=O) groups is 5. The zero-order chi connectivity index (χ0) is 55.5. The molecule has 0 saturated carbocycles. The summed E-state index contributed by atoms with van der Waals surface area (Å²) in [5.74, 6) is -2.55. The summed E-state index contributed by atoms with van der Waals surface area (Å²) in [5.41, 5.74) is 13.0. The van der Waals surface area contributed by atoms with Crippen LogP contribution < -0.4 is 11.1 Å². The van der Waals surface area contributed by atoms with Crippen molar-refractivity contribution in [3.8, 4) is 0 Å². The number of fused-ring (bicyclic) bond motifs is 6. The lowest BCUT2D eigenvalue weighted by atomic mass is 10.0. The van der Waals surface area contributed by atoms with Crippen molar-refractivity contribution in [3.63, 3.8) is 0 Å². The third-order valence-electron chi connectivity index (χ3n) is 12.6. The van der Waals surface area contributed by atoms with Gasteiger partial charge < -0.3 is 44.3 Å². The molecule has 14 rings (SSSR count). The number of hydrogen-bond acceptors (Lipinski definition) is 7. The molecule has 15 heteroatoms. The zero-order valence-electron chi connectivity index (χ0n) is 44.2.